The number of hydrogen-bond acceptors (Lipinski definition) is 5. The Kier molecular flexibility index (Phi) is 8.22. The van der Waals surface area contributed by atoms with Gasteiger partial charge in [0.1, 0.15) is 11.4 Å². The number of hydrogen-bond donors (Lipinski definition) is 2. The van der Waals surface area contributed by atoms with Crippen LogP contribution in [0.5, 0.6) is 5.75 Å². The van der Waals surface area contributed by atoms with Gasteiger partial charge in [-0.05, 0) is 54.8 Å². The molecule has 7 nitrogen and oxygen atoms in total. The van der Waals surface area contributed by atoms with Crippen LogP contribution in [0.1, 0.15) is 78.6 Å². The molecule has 2 N–H and O–H groups in total. The maximum atomic E-state index is 13.1. The maximum Gasteiger partial charge on any atom is 0.280 e. The van der Waals surface area contributed by atoms with Crippen LogP contribution in [0.2, 0.25) is 0 Å². The van der Waals surface area contributed by atoms with Gasteiger partial charge in [-0.3, -0.25) is 19.0 Å². The minimum Gasteiger partial charge on any atom is -0.487 e. The lowest BCUT2D eigenvalue weighted by Crippen LogP contribution is -2.42. The smallest absolute Gasteiger partial charge is 0.280 e. The molecule has 1 aliphatic carbocycles. The van der Waals surface area contributed by atoms with Crippen LogP contribution in [0.25, 0.3) is 0 Å². The van der Waals surface area contributed by atoms with E-state index in [9.17, 15) is 18.4 Å². The first-order valence-corrected chi connectivity index (χ1v) is 13.4. The summed E-state index contributed by atoms with van der Waals surface area (Å²) in [7, 11) is 0. The lowest BCUT2D eigenvalue weighted by molar-refractivity contribution is -0.0229. The van der Waals surface area contributed by atoms with E-state index in [1.165, 1.54) is 24.8 Å². The molecule has 2 aliphatic rings. The molecule has 0 radical (unpaired) electrons. The van der Waals surface area contributed by atoms with Gasteiger partial charge in [-0.2, -0.15) is 5.10 Å². The summed E-state index contributed by atoms with van der Waals surface area (Å²) in [6.45, 7) is 4.75. The first kappa shape index (κ1) is 26.4. The van der Waals surface area contributed by atoms with Gasteiger partial charge < -0.3 is 10.1 Å². The minimum atomic E-state index is -2.90. The van der Waals surface area contributed by atoms with Gasteiger partial charge in [-0.1, -0.05) is 38.8 Å². The topological polar surface area (TPSA) is 85.2 Å². The van der Waals surface area contributed by atoms with E-state index in [4.69, 9.17) is 9.84 Å². The van der Waals surface area contributed by atoms with Crippen molar-refractivity contribution in [3.8, 4) is 5.75 Å². The Labute approximate surface area is 214 Å². The number of aryl methyl sites for hydroxylation is 2. The molecule has 36 heavy (non-hydrogen) atoms. The Balaban J connectivity index is 1.44. The fraction of sp³-hybridized carbons (Fsp3) is 0.577. The van der Waals surface area contributed by atoms with Gasteiger partial charge >= 0.3 is 0 Å². The van der Waals surface area contributed by atoms with Gasteiger partial charge in [0.15, 0.2) is 6.61 Å². The van der Waals surface area contributed by atoms with E-state index in [0.717, 1.165) is 18.9 Å². The van der Waals surface area contributed by atoms with Gasteiger partial charge in [0, 0.05) is 31.2 Å². The molecule has 2 amide bonds. The first-order valence-electron chi connectivity index (χ1n) is 12.5. The summed E-state index contributed by atoms with van der Waals surface area (Å²) < 4.78 is 36.0. The average Bonchev–Trinajstić information content (AvgIpc) is 3.57. The number of nitrogens with zero attached hydrogens (tertiary/aromatic N) is 2. The number of halogens is 2. The SMILES string of the molecule is CC(C)SNC(=O)c1c2c(nn1CCC1CC1)CC(CCc1cccc(OCC(C)(F)F)c1)NC2=O. The number of carbonyl (C=O) groups is 2. The van der Waals surface area contributed by atoms with Crippen LogP contribution in [-0.2, 0) is 19.4 Å². The quantitative estimate of drug-likeness (QED) is 0.393. The zero-order chi connectivity index (χ0) is 25.9. The Morgan fingerprint density at radius 3 is 2.81 bits per heavy atom. The monoisotopic (exact) mass is 520 g/mol. The average molecular weight is 521 g/mol. The number of ether oxygens (including phenoxy) is 1. The van der Waals surface area contributed by atoms with Crippen molar-refractivity contribution in [2.24, 2.45) is 5.92 Å². The van der Waals surface area contributed by atoms with E-state index in [2.05, 4.69) is 10.0 Å². The van der Waals surface area contributed by atoms with Crippen molar-refractivity contribution in [1.82, 2.24) is 19.8 Å². The molecule has 1 fully saturated rings. The fourth-order valence-electron chi connectivity index (χ4n) is 4.27. The Bertz CT molecular complexity index is 1100. The zero-order valence-electron chi connectivity index (χ0n) is 21.0. The normalized spacial score (nSPS) is 17.6. The highest BCUT2D eigenvalue weighted by molar-refractivity contribution is 7.98. The van der Waals surface area contributed by atoms with Gasteiger partial charge in [0.25, 0.3) is 17.7 Å². The standard InChI is InChI=1S/C26H34F2N4O3S/c1-16(2)36-31-25(34)23-22-21(30-32(23)12-11-17-7-8-17)14-19(29-24(22)33)10-9-18-5-4-6-20(13-18)35-15-26(3,27)28/h4-6,13,16-17,19H,7-12,14-15H2,1-3H3,(H,29,33)(H,31,34). The van der Waals surface area contributed by atoms with Crippen LogP contribution in [0, 0.1) is 5.92 Å². The van der Waals surface area contributed by atoms with E-state index in [0.29, 0.717) is 54.4 Å². The van der Waals surface area contributed by atoms with Gasteiger partial charge in [-0.15, -0.1) is 0 Å². The van der Waals surface area contributed by atoms with E-state index in [1.807, 2.05) is 19.9 Å². The molecule has 0 saturated heterocycles. The molecule has 0 spiro atoms. The molecule has 0 bridgehead atoms. The van der Waals surface area contributed by atoms with Crippen molar-refractivity contribution in [3.63, 3.8) is 0 Å². The van der Waals surface area contributed by atoms with Gasteiger partial charge in [-0.25, -0.2) is 8.78 Å². The largest absolute Gasteiger partial charge is 0.487 e. The number of rotatable bonds is 12. The van der Waals surface area contributed by atoms with Crippen molar-refractivity contribution in [2.75, 3.05) is 6.61 Å². The molecule has 10 heteroatoms. The molecule has 4 rings (SSSR count). The Hall–Kier alpha value is -2.62. The van der Waals surface area contributed by atoms with E-state index in [-0.39, 0.29) is 23.1 Å². The van der Waals surface area contributed by atoms with Crippen molar-refractivity contribution >= 4 is 23.8 Å². The number of alkyl halides is 2. The lowest BCUT2D eigenvalue weighted by Gasteiger charge is -2.23. The van der Waals surface area contributed by atoms with Crippen molar-refractivity contribution < 1.29 is 23.1 Å². The number of benzene rings is 1. The van der Waals surface area contributed by atoms with Crippen LogP contribution in [-0.4, -0.2) is 45.4 Å². The van der Waals surface area contributed by atoms with Crippen LogP contribution < -0.4 is 14.8 Å². The molecule has 2 aromatic rings. The number of aromatic nitrogens is 2. The van der Waals surface area contributed by atoms with Gasteiger partial charge in [0.05, 0.1) is 11.3 Å². The summed E-state index contributed by atoms with van der Waals surface area (Å²) in [5.74, 6) is -2.39. The maximum absolute atomic E-state index is 13.1. The number of amides is 2. The van der Waals surface area contributed by atoms with Crippen LogP contribution in [0.3, 0.4) is 0 Å². The second kappa shape index (κ2) is 11.2. The summed E-state index contributed by atoms with van der Waals surface area (Å²) in [6, 6.07) is 6.96. The number of nitrogens with one attached hydrogen (secondary N) is 2. The molecule has 2 heterocycles. The third-order valence-corrected chi connectivity index (χ3v) is 7.02. The summed E-state index contributed by atoms with van der Waals surface area (Å²) in [4.78, 5) is 26.1. The van der Waals surface area contributed by atoms with E-state index in [1.54, 1.807) is 22.9 Å². The number of carbonyl (C=O) groups excluding carboxylic acids is 2. The second-order valence-electron chi connectivity index (χ2n) is 10.1. The van der Waals surface area contributed by atoms with Crippen LogP contribution in [0.15, 0.2) is 24.3 Å². The molecule has 1 unspecified atom stereocenters. The van der Waals surface area contributed by atoms with Crippen LogP contribution >= 0.6 is 11.9 Å². The predicted molar refractivity (Wildman–Crippen MR) is 136 cm³/mol. The van der Waals surface area contributed by atoms with Gasteiger partial charge in [0.2, 0.25) is 0 Å². The minimum absolute atomic E-state index is 0.137. The molecule has 196 valence electrons. The molecule has 1 atom stereocenters. The van der Waals surface area contributed by atoms with E-state index < -0.39 is 12.5 Å². The Morgan fingerprint density at radius 2 is 2.11 bits per heavy atom. The molecular weight excluding hydrogens is 486 g/mol. The van der Waals surface area contributed by atoms with Crippen molar-refractivity contribution in [3.05, 3.63) is 46.8 Å². The lowest BCUT2D eigenvalue weighted by atomic mass is 9.95. The highest BCUT2D eigenvalue weighted by atomic mass is 32.2. The first-order chi connectivity index (χ1) is 17.1. The fourth-order valence-corrected chi connectivity index (χ4v) is 4.71. The van der Waals surface area contributed by atoms with Crippen LogP contribution in [0.4, 0.5) is 8.78 Å². The molecular formula is C26H34F2N4O3S. The molecule has 1 saturated carbocycles. The highest BCUT2D eigenvalue weighted by Crippen LogP contribution is 2.33. The summed E-state index contributed by atoms with van der Waals surface area (Å²) in [5, 5.41) is 7.97. The summed E-state index contributed by atoms with van der Waals surface area (Å²) in [6.07, 6.45) is 5.20. The zero-order valence-corrected chi connectivity index (χ0v) is 21.8. The second-order valence-corrected chi connectivity index (χ2v) is 11.5. The third kappa shape index (κ3) is 7.21. The third-order valence-electron chi connectivity index (χ3n) is 6.25. The molecule has 1 aromatic heterocycles. The van der Waals surface area contributed by atoms with Crippen molar-refractivity contribution in [1.29, 1.82) is 0 Å². The highest BCUT2D eigenvalue weighted by Gasteiger charge is 2.34. The molecule has 1 aliphatic heterocycles. The van der Waals surface area contributed by atoms with E-state index >= 15 is 0 Å². The summed E-state index contributed by atoms with van der Waals surface area (Å²) >= 11 is 1.32. The predicted octanol–water partition coefficient (Wildman–Crippen LogP) is 4.79. The Morgan fingerprint density at radius 1 is 1.33 bits per heavy atom. The summed E-state index contributed by atoms with van der Waals surface area (Å²) in [5.41, 5.74) is 2.31. The van der Waals surface area contributed by atoms with Crippen molar-refractivity contribution in [2.45, 2.75) is 83.1 Å². The number of fused-ring (bicyclic) bond motifs is 1. The molecule has 1 aromatic carbocycles.